The second kappa shape index (κ2) is 5.83. The van der Waals surface area contributed by atoms with Crippen molar-refractivity contribution in [2.75, 3.05) is 25.0 Å². The van der Waals surface area contributed by atoms with Gasteiger partial charge in [0, 0.05) is 26.1 Å². The molecule has 1 saturated heterocycles. The normalized spacial score (nSPS) is 14.6. The lowest BCUT2D eigenvalue weighted by Crippen LogP contribution is -2.29. The van der Waals surface area contributed by atoms with Crippen LogP contribution in [-0.2, 0) is 4.79 Å². The maximum Gasteiger partial charge on any atom is 0.224 e. The third-order valence-corrected chi connectivity index (χ3v) is 3.95. The second-order valence-corrected chi connectivity index (χ2v) is 5.12. The van der Waals surface area contributed by atoms with Gasteiger partial charge in [-0.2, -0.15) is 9.64 Å². The van der Waals surface area contributed by atoms with Gasteiger partial charge in [0.1, 0.15) is 16.6 Å². The van der Waals surface area contributed by atoms with E-state index < -0.39 is 0 Å². The van der Waals surface area contributed by atoms with Crippen LogP contribution >= 0.6 is 11.5 Å². The Morgan fingerprint density at radius 2 is 2.28 bits per heavy atom. The predicted molar refractivity (Wildman–Crippen MR) is 70.5 cm³/mol. The van der Waals surface area contributed by atoms with E-state index in [1.165, 1.54) is 11.5 Å². The fourth-order valence-corrected chi connectivity index (χ4v) is 2.80. The van der Waals surface area contributed by atoms with Crippen LogP contribution < -0.4 is 5.32 Å². The van der Waals surface area contributed by atoms with Crippen LogP contribution in [0.3, 0.4) is 0 Å². The fraction of sp³-hybridized carbons (Fsp3) is 0.583. The van der Waals surface area contributed by atoms with Crippen molar-refractivity contribution in [1.29, 1.82) is 5.26 Å². The summed E-state index contributed by atoms with van der Waals surface area (Å²) in [4.78, 5) is 13.7. The van der Waals surface area contributed by atoms with Crippen molar-refractivity contribution in [1.82, 2.24) is 9.27 Å². The second-order valence-electron chi connectivity index (χ2n) is 4.35. The van der Waals surface area contributed by atoms with Crippen LogP contribution in [0.5, 0.6) is 0 Å². The third kappa shape index (κ3) is 2.79. The van der Waals surface area contributed by atoms with E-state index in [0.717, 1.165) is 36.6 Å². The average molecular weight is 264 g/mol. The summed E-state index contributed by atoms with van der Waals surface area (Å²) >= 11 is 1.28. The van der Waals surface area contributed by atoms with Gasteiger partial charge in [0.25, 0.3) is 0 Å². The summed E-state index contributed by atoms with van der Waals surface area (Å²) in [7, 11) is 0. The van der Waals surface area contributed by atoms with Gasteiger partial charge < -0.3 is 10.2 Å². The monoisotopic (exact) mass is 264 g/mol. The molecule has 0 bridgehead atoms. The van der Waals surface area contributed by atoms with Crippen molar-refractivity contribution in [3.63, 3.8) is 0 Å². The zero-order valence-electron chi connectivity index (χ0n) is 10.4. The minimum absolute atomic E-state index is 0.194. The molecule has 2 rings (SSSR count). The summed E-state index contributed by atoms with van der Waals surface area (Å²) in [6.07, 6.45) is 2.71. The Balaban J connectivity index is 1.81. The Bertz CT molecular complexity index is 471. The first-order chi connectivity index (χ1) is 8.72. The maximum absolute atomic E-state index is 11.8. The molecule has 2 heterocycles. The van der Waals surface area contributed by atoms with E-state index in [0.29, 0.717) is 18.5 Å². The number of carbonyl (C=O) groups is 1. The summed E-state index contributed by atoms with van der Waals surface area (Å²) in [5.41, 5.74) is 1.34. The minimum Gasteiger partial charge on any atom is -0.374 e. The van der Waals surface area contributed by atoms with E-state index in [-0.39, 0.29) is 5.91 Å². The average Bonchev–Trinajstić information content (AvgIpc) is 2.99. The minimum atomic E-state index is 0.194. The first-order valence-electron chi connectivity index (χ1n) is 6.10. The molecule has 0 radical (unpaired) electrons. The van der Waals surface area contributed by atoms with E-state index in [2.05, 4.69) is 15.8 Å². The van der Waals surface area contributed by atoms with Gasteiger partial charge in [-0.25, -0.2) is 0 Å². The van der Waals surface area contributed by atoms with Gasteiger partial charge in [-0.1, -0.05) is 0 Å². The van der Waals surface area contributed by atoms with Crippen LogP contribution in [0.15, 0.2) is 0 Å². The summed E-state index contributed by atoms with van der Waals surface area (Å²) in [6, 6.07) is 2.13. The molecule has 0 spiro atoms. The molecule has 1 amide bonds. The molecule has 6 heteroatoms. The highest BCUT2D eigenvalue weighted by molar-refractivity contribution is 7.10. The molecule has 1 aliphatic heterocycles. The van der Waals surface area contributed by atoms with Gasteiger partial charge in [0.05, 0.1) is 5.69 Å². The molecular weight excluding hydrogens is 248 g/mol. The van der Waals surface area contributed by atoms with Gasteiger partial charge >= 0.3 is 0 Å². The first-order valence-corrected chi connectivity index (χ1v) is 6.87. The summed E-state index contributed by atoms with van der Waals surface area (Å²) in [5.74, 6) is 0.194. The molecule has 1 N–H and O–H groups in total. The van der Waals surface area contributed by atoms with Crippen LogP contribution in [0.1, 0.15) is 30.5 Å². The number of nitrogens with one attached hydrogen (secondary N) is 1. The van der Waals surface area contributed by atoms with Gasteiger partial charge in [-0.3, -0.25) is 4.79 Å². The summed E-state index contributed by atoms with van der Waals surface area (Å²) < 4.78 is 4.12. The van der Waals surface area contributed by atoms with Gasteiger partial charge in [-0.05, 0) is 31.3 Å². The number of aryl methyl sites for hydroxylation is 1. The fourth-order valence-electron chi connectivity index (χ4n) is 2.03. The highest BCUT2D eigenvalue weighted by Gasteiger charge is 2.17. The zero-order valence-corrected chi connectivity index (χ0v) is 11.2. The molecule has 5 nitrogen and oxygen atoms in total. The molecule has 18 heavy (non-hydrogen) atoms. The molecule has 0 aliphatic carbocycles. The van der Waals surface area contributed by atoms with Crippen molar-refractivity contribution in [3.05, 3.63) is 11.3 Å². The standard InChI is InChI=1S/C12H16N4OS/c1-9-10(8-13)12(18-15-9)14-5-4-11(17)16-6-2-3-7-16/h14H,2-7H2,1H3. The number of anilines is 1. The van der Waals surface area contributed by atoms with Crippen LogP contribution in [0.25, 0.3) is 0 Å². The largest absolute Gasteiger partial charge is 0.374 e. The van der Waals surface area contributed by atoms with Gasteiger partial charge in [0.2, 0.25) is 5.91 Å². The molecule has 0 unspecified atom stereocenters. The molecule has 96 valence electrons. The van der Waals surface area contributed by atoms with E-state index in [1.807, 2.05) is 11.8 Å². The smallest absolute Gasteiger partial charge is 0.224 e. The number of hydrogen-bond acceptors (Lipinski definition) is 5. The van der Waals surface area contributed by atoms with E-state index >= 15 is 0 Å². The molecule has 1 aromatic rings. The number of likely N-dealkylation sites (tertiary alicyclic amines) is 1. The van der Waals surface area contributed by atoms with Crippen molar-refractivity contribution >= 4 is 22.4 Å². The maximum atomic E-state index is 11.8. The molecular formula is C12H16N4OS. The number of carbonyl (C=O) groups excluding carboxylic acids is 1. The molecule has 1 aromatic heterocycles. The molecule has 0 aromatic carbocycles. The Labute approximate surface area is 111 Å². The number of rotatable bonds is 4. The van der Waals surface area contributed by atoms with E-state index in [4.69, 9.17) is 5.26 Å². The van der Waals surface area contributed by atoms with Gasteiger partial charge in [0.15, 0.2) is 0 Å². The highest BCUT2D eigenvalue weighted by Crippen LogP contribution is 2.23. The van der Waals surface area contributed by atoms with Crippen molar-refractivity contribution < 1.29 is 4.79 Å². The van der Waals surface area contributed by atoms with Crippen LogP contribution in [0.4, 0.5) is 5.00 Å². The van der Waals surface area contributed by atoms with Crippen molar-refractivity contribution in [3.8, 4) is 6.07 Å². The molecule has 1 fully saturated rings. The predicted octanol–water partition coefficient (Wildman–Crippen LogP) is 1.75. The Hall–Kier alpha value is -1.61. The number of hydrogen-bond donors (Lipinski definition) is 1. The molecule has 1 aliphatic rings. The lowest BCUT2D eigenvalue weighted by atomic mass is 10.3. The van der Waals surface area contributed by atoms with E-state index in [9.17, 15) is 4.79 Å². The Morgan fingerprint density at radius 3 is 2.94 bits per heavy atom. The number of nitrogens with zero attached hydrogens (tertiary/aromatic N) is 3. The SMILES string of the molecule is Cc1nsc(NCCC(=O)N2CCCC2)c1C#N. The quantitative estimate of drug-likeness (QED) is 0.899. The number of aromatic nitrogens is 1. The number of amides is 1. The lowest BCUT2D eigenvalue weighted by molar-refractivity contribution is -0.129. The van der Waals surface area contributed by atoms with Crippen LogP contribution in [0.2, 0.25) is 0 Å². The van der Waals surface area contributed by atoms with Crippen molar-refractivity contribution in [2.45, 2.75) is 26.2 Å². The highest BCUT2D eigenvalue weighted by atomic mass is 32.1. The lowest BCUT2D eigenvalue weighted by Gasteiger charge is -2.15. The topological polar surface area (TPSA) is 69.0 Å². The number of nitriles is 1. The van der Waals surface area contributed by atoms with Crippen molar-refractivity contribution in [2.24, 2.45) is 0 Å². The zero-order chi connectivity index (χ0) is 13.0. The Morgan fingerprint density at radius 1 is 1.56 bits per heavy atom. The van der Waals surface area contributed by atoms with E-state index in [1.54, 1.807) is 0 Å². The third-order valence-electron chi connectivity index (χ3n) is 3.06. The Kier molecular flexibility index (Phi) is 4.15. The van der Waals surface area contributed by atoms with Crippen LogP contribution in [0, 0.1) is 18.3 Å². The van der Waals surface area contributed by atoms with Gasteiger partial charge in [-0.15, -0.1) is 0 Å². The van der Waals surface area contributed by atoms with Crippen LogP contribution in [-0.4, -0.2) is 34.8 Å². The molecule has 0 saturated carbocycles. The first kappa shape index (κ1) is 12.8. The summed E-state index contributed by atoms with van der Waals surface area (Å²) in [5, 5.41) is 12.9. The summed E-state index contributed by atoms with van der Waals surface area (Å²) in [6.45, 7) is 4.16. The molecule has 0 atom stereocenters.